The first-order valence-electron chi connectivity index (χ1n) is 8.07. The standard InChI is InChI=1S/C17H26N2O3S/c1-4-14-12-19(17(20)13-18(2)23(3,21)22)11-10-16(14)15-8-6-5-7-9-15/h5-9,14,16H,4,10-13H2,1-3H3/t14-,16-/m1/s1. The van der Waals surface area contributed by atoms with Crippen LogP contribution in [-0.2, 0) is 14.8 Å². The molecule has 6 heteroatoms. The summed E-state index contributed by atoms with van der Waals surface area (Å²) in [7, 11) is -1.88. The molecule has 0 aliphatic carbocycles. The normalized spacial score (nSPS) is 22.3. The Kier molecular flexibility index (Phi) is 5.81. The summed E-state index contributed by atoms with van der Waals surface area (Å²) in [6.45, 7) is 3.46. The molecule has 1 aliphatic heterocycles. The number of amides is 1. The van der Waals surface area contributed by atoms with Crippen molar-refractivity contribution in [3.8, 4) is 0 Å². The zero-order valence-corrected chi connectivity index (χ0v) is 14.9. The number of likely N-dealkylation sites (N-methyl/N-ethyl adjacent to an activating group) is 1. The van der Waals surface area contributed by atoms with E-state index in [0.717, 1.165) is 23.4 Å². The molecule has 0 bridgehead atoms. The smallest absolute Gasteiger partial charge is 0.237 e. The van der Waals surface area contributed by atoms with Crippen LogP contribution in [0.15, 0.2) is 30.3 Å². The average molecular weight is 338 g/mol. The Morgan fingerprint density at radius 3 is 2.52 bits per heavy atom. The van der Waals surface area contributed by atoms with Gasteiger partial charge in [0.15, 0.2) is 0 Å². The van der Waals surface area contributed by atoms with Crippen LogP contribution < -0.4 is 0 Å². The van der Waals surface area contributed by atoms with Crippen LogP contribution in [0.2, 0.25) is 0 Å². The largest absolute Gasteiger partial charge is 0.341 e. The van der Waals surface area contributed by atoms with Gasteiger partial charge in [-0.2, -0.15) is 4.31 Å². The van der Waals surface area contributed by atoms with Crippen molar-refractivity contribution >= 4 is 15.9 Å². The van der Waals surface area contributed by atoms with Crippen molar-refractivity contribution in [1.29, 1.82) is 0 Å². The van der Waals surface area contributed by atoms with E-state index in [1.54, 1.807) is 0 Å². The van der Waals surface area contributed by atoms with Gasteiger partial charge in [0.2, 0.25) is 15.9 Å². The van der Waals surface area contributed by atoms with Crippen molar-refractivity contribution in [3.63, 3.8) is 0 Å². The van der Waals surface area contributed by atoms with E-state index in [-0.39, 0.29) is 12.5 Å². The number of sulfonamides is 1. The van der Waals surface area contributed by atoms with Crippen LogP contribution in [-0.4, -0.2) is 56.5 Å². The van der Waals surface area contributed by atoms with E-state index >= 15 is 0 Å². The van der Waals surface area contributed by atoms with Gasteiger partial charge in [0, 0.05) is 20.1 Å². The number of hydrogen-bond acceptors (Lipinski definition) is 3. The highest BCUT2D eigenvalue weighted by Gasteiger charge is 2.32. The number of likely N-dealkylation sites (tertiary alicyclic amines) is 1. The molecule has 1 saturated heterocycles. The second-order valence-electron chi connectivity index (χ2n) is 6.33. The van der Waals surface area contributed by atoms with Crippen LogP contribution >= 0.6 is 0 Å². The van der Waals surface area contributed by atoms with Gasteiger partial charge in [0.1, 0.15) is 0 Å². The van der Waals surface area contributed by atoms with Crippen LogP contribution in [0.25, 0.3) is 0 Å². The van der Waals surface area contributed by atoms with Gasteiger partial charge >= 0.3 is 0 Å². The molecule has 23 heavy (non-hydrogen) atoms. The summed E-state index contributed by atoms with van der Waals surface area (Å²) < 4.78 is 24.0. The van der Waals surface area contributed by atoms with E-state index in [9.17, 15) is 13.2 Å². The predicted molar refractivity (Wildman–Crippen MR) is 91.6 cm³/mol. The quantitative estimate of drug-likeness (QED) is 0.824. The number of benzene rings is 1. The molecule has 1 aliphatic rings. The molecule has 5 nitrogen and oxygen atoms in total. The zero-order valence-electron chi connectivity index (χ0n) is 14.1. The van der Waals surface area contributed by atoms with Crippen LogP contribution in [0.4, 0.5) is 0 Å². The molecular weight excluding hydrogens is 312 g/mol. The number of piperidine rings is 1. The van der Waals surface area contributed by atoms with E-state index < -0.39 is 10.0 Å². The number of carbonyl (C=O) groups excluding carboxylic acids is 1. The minimum absolute atomic E-state index is 0.0781. The fraction of sp³-hybridized carbons (Fsp3) is 0.588. The van der Waals surface area contributed by atoms with Crippen molar-refractivity contribution in [3.05, 3.63) is 35.9 Å². The average Bonchev–Trinajstić information content (AvgIpc) is 2.54. The number of carbonyl (C=O) groups is 1. The second kappa shape index (κ2) is 7.45. The highest BCUT2D eigenvalue weighted by Crippen LogP contribution is 2.34. The van der Waals surface area contributed by atoms with Gasteiger partial charge in [0.05, 0.1) is 12.8 Å². The fourth-order valence-electron chi connectivity index (χ4n) is 3.22. The SMILES string of the molecule is CC[C@@H]1CN(C(=O)CN(C)S(C)(=O)=O)CC[C@H]1c1ccccc1. The Morgan fingerprint density at radius 1 is 1.30 bits per heavy atom. The fourth-order valence-corrected chi connectivity index (χ4v) is 3.56. The summed E-state index contributed by atoms with van der Waals surface area (Å²) in [5, 5.41) is 0. The van der Waals surface area contributed by atoms with Crippen LogP contribution in [0.1, 0.15) is 31.2 Å². The van der Waals surface area contributed by atoms with Crippen LogP contribution in [0, 0.1) is 5.92 Å². The molecule has 0 saturated carbocycles. The van der Waals surface area contributed by atoms with Gasteiger partial charge in [-0.15, -0.1) is 0 Å². The second-order valence-corrected chi connectivity index (χ2v) is 8.42. The first-order valence-corrected chi connectivity index (χ1v) is 9.91. The predicted octanol–water partition coefficient (Wildman–Crippen LogP) is 1.92. The molecule has 2 atom stereocenters. The zero-order chi connectivity index (χ0) is 17.0. The molecule has 0 unspecified atom stereocenters. The molecule has 0 spiro atoms. The van der Waals surface area contributed by atoms with Gasteiger partial charge < -0.3 is 4.90 Å². The summed E-state index contributed by atoms with van der Waals surface area (Å²) in [6.07, 6.45) is 3.05. The maximum absolute atomic E-state index is 12.4. The Balaban J connectivity index is 2.02. The molecule has 0 radical (unpaired) electrons. The minimum atomic E-state index is -3.32. The van der Waals surface area contributed by atoms with E-state index in [2.05, 4.69) is 31.2 Å². The maximum atomic E-state index is 12.4. The van der Waals surface area contributed by atoms with Crippen LogP contribution in [0.3, 0.4) is 0 Å². The first-order chi connectivity index (χ1) is 10.8. The maximum Gasteiger partial charge on any atom is 0.237 e. The lowest BCUT2D eigenvalue weighted by molar-refractivity contribution is -0.133. The minimum Gasteiger partial charge on any atom is -0.341 e. The summed E-state index contributed by atoms with van der Waals surface area (Å²) in [6, 6.07) is 10.4. The number of rotatable bonds is 5. The third-order valence-electron chi connectivity index (χ3n) is 4.76. The van der Waals surface area contributed by atoms with Gasteiger partial charge in [0.25, 0.3) is 0 Å². The van der Waals surface area contributed by atoms with Crippen molar-refractivity contribution in [2.75, 3.05) is 32.9 Å². The molecular formula is C17H26N2O3S. The summed E-state index contributed by atoms with van der Waals surface area (Å²) >= 11 is 0. The van der Waals surface area contributed by atoms with E-state index in [1.165, 1.54) is 12.6 Å². The molecule has 1 fully saturated rings. The Morgan fingerprint density at radius 2 is 1.96 bits per heavy atom. The van der Waals surface area contributed by atoms with Crippen molar-refractivity contribution in [2.24, 2.45) is 5.92 Å². The van der Waals surface area contributed by atoms with Crippen molar-refractivity contribution < 1.29 is 13.2 Å². The highest BCUT2D eigenvalue weighted by molar-refractivity contribution is 7.88. The van der Waals surface area contributed by atoms with Gasteiger partial charge in [-0.25, -0.2) is 8.42 Å². The molecule has 128 valence electrons. The lowest BCUT2D eigenvalue weighted by atomic mass is 9.79. The molecule has 1 heterocycles. The molecule has 2 rings (SSSR count). The molecule has 1 aromatic carbocycles. The van der Waals surface area contributed by atoms with Gasteiger partial charge in [-0.3, -0.25) is 4.79 Å². The molecule has 0 N–H and O–H groups in total. The van der Waals surface area contributed by atoms with Crippen molar-refractivity contribution in [2.45, 2.75) is 25.7 Å². The first kappa shape index (κ1) is 17.9. The third-order valence-corrected chi connectivity index (χ3v) is 6.02. The monoisotopic (exact) mass is 338 g/mol. The summed E-state index contributed by atoms with van der Waals surface area (Å²) in [5.41, 5.74) is 1.33. The Bertz CT molecular complexity index is 630. The lowest BCUT2D eigenvalue weighted by Gasteiger charge is -2.39. The number of nitrogens with zero attached hydrogens (tertiary/aromatic N) is 2. The van der Waals surface area contributed by atoms with E-state index in [4.69, 9.17) is 0 Å². The third kappa shape index (κ3) is 4.54. The van der Waals surface area contributed by atoms with Gasteiger partial charge in [-0.1, -0.05) is 43.7 Å². The lowest BCUT2D eigenvalue weighted by Crippen LogP contribution is -2.47. The van der Waals surface area contributed by atoms with Crippen molar-refractivity contribution in [1.82, 2.24) is 9.21 Å². The summed E-state index contributed by atoms with van der Waals surface area (Å²) in [4.78, 5) is 14.2. The van der Waals surface area contributed by atoms with E-state index in [0.29, 0.717) is 24.9 Å². The highest BCUT2D eigenvalue weighted by atomic mass is 32.2. The Hall–Kier alpha value is -1.40. The molecule has 1 aromatic rings. The van der Waals surface area contributed by atoms with Crippen LogP contribution in [0.5, 0.6) is 0 Å². The molecule has 1 amide bonds. The van der Waals surface area contributed by atoms with E-state index in [1.807, 2.05) is 11.0 Å². The number of hydrogen-bond donors (Lipinski definition) is 0. The topological polar surface area (TPSA) is 57.7 Å². The molecule has 0 aromatic heterocycles. The van der Waals surface area contributed by atoms with Gasteiger partial charge in [-0.05, 0) is 23.8 Å². The Labute approximate surface area is 139 Å². The summed E-state index contributed by atoms with van der Waals surface area (Å²) in [5.74, 6) is 0.777.